The zero-order valence-corrected chi connectivity index (χ0v) is 9.88. The van der Waals surface area contributed by atoms with Gasteiger partial charge in [-0.2, -0.15) is 0 Å². The average molecular weight is 233 g/mol. The second-order valence-corrected chi connectivity index (χ2v) is 4.25. The number of nitrogens with zero attached hydrogens (tertiary/aromatic N) is 1. The Morgan fingerprint density at radius 3 is 2.94 bits per heavy atom. The summed E-state index contributed by atoms with van der Waals surface area (Å²) < 4.78 is 0. The average Bonchev–Trinajstić information content (AvgIpc) is 2.26. The van der Waals surface area contributed by atoms with Crippen LogP contribution in [0.15, 0.2) is 41.9 Å². The van der Waals surface area contributed by atoms with E-state index in [0.29, 0.717) is 11.6 Å². The van der Waals surface area contributed by atoms with E-state index in [2.05, 4.69) is 29.0 Å². The van der Waals surface area contributed by atoms with Gasteiger partial charge in [0.1, 0.15) is 5.82 Å². The Morgan fingerprint density at radius 2 is 2.19 bits per heavy atom. The van der Waals surface area contributed by atoms with Crippen molar-refractivity contribution < 1.29 is 0 Å². The number of aromatic nitrogens is 1. The topological polar surface area (TPSA) is 24.9 Å². The van der Waals surface area contributed by atoms with Crippen LogP contribution in [0.5, 0.6) is 0 Å². The van der Waals surface area contributed by atoms with Crippen LogP contribution < -0.4 is 5.32 Å². The van der Waals surface area contributed by atoms with E-state index in [-0.39, 0.29) is 0 Å². The first kappa shape index (κ1) is 11.0. The van der Waals surface area contributed by atoms with Crippen molar-refractivity contribution in [2.24, 2.45) is 0 Å². The van der Waals surface area contributed by atoms with E-state index >= 15 is 0 Å². The predicted molar refractivity (Wildman–Crippen MR) is 70.0 cm³/mol. The number of hydrogen-bond acceptors (Lipinski definition) is 2. The molecule has 3 heteroatoms. The molecule has 0 bridgehead atoms. The third-order valence-corrected chi connectivity index (χ3v) is 2.50. The smallest absolute Gasteiger partial charge is 0.129 e. The van der Waals surface area contributed by atoms with Gasteiger partial charge in [0.15, 0.2) is 0 Å². The molecular formula is C13H13ClN2. The van der Waals surface area contributed by atoms with Crippen molar-refractivity contribution >= 4 is 28.3 Å². The van der Waals surface area contributed by atoms with Gasteiger partial charge >= 0.3 is 0 Å². The van der Waals surface area contributed by atoms with Crippen LogP contribution in [0.1, 0.15) is 5.56 Å². The SMILES string of the molecule is C=C(Cl)CNc1nc2ccccc2cc1C. The summed E-state index contributed by atoms with van der Waals surface area (Å²) in [4.78, 5) is 4.54. The second kappa shape index (κ2) is 4.54. The summed E-state index contributed by atoms with van der Waals surface area (Å²) in [6.07, 6.45) is 0. The van der Waals surface area contributed by atoms with Gasteiger partial charge in [0.25, 0.3) is 0 Å². The van der Waals surface area contributed by atoms with E-state index < -0.39 is 0 Å². The molecule has 0 spiro atoms. The van der Waals surface area contributed by atoms with Gasteiger partial charge in [-0.25, -0.2) is 4.98 Å². The third kappa shape index (κ3) is 2.34. The number of halogens is 1. The van der Waals surface area contributed by atoms with Crippen LogP contribution in [-0.4, -0.2) is 11.5 Å². The van der Waals surface area contributed by atoms with Gasteiger partial charge < -0.3 is 5.32 Å². The van der Waals surface area contributed by atoms with Crippen molar-refractivity contribution in [3.05, 3.63) is 47.5 Å². The van der Waals surface area contributed by atoms with Gasteiger partial charge in [0, 0.05) is 10.4 Å². The van der Waals surface area contributed by atoms with Crippen LogP contribution in [0, 0.1) is 6.92 Å². The first-order valence-corrected chi connectivity index (χ1v) is 5.48. The summed E-state index contributed by atoms with van der Waals surface area (Å²) in [5.41, 5.74) is 2.09. The van der Waals surface area contributed by atoms with Crippen molar-refractivity contribution in [2.45, 2.75) is 6.92 Å². The maximum atomic E-state index is 5.71. The Bertz CT molecular complexity index is 534. The Morgan fingerprint density at radius 1 is 1.44 bits per heavy atom. The van der Waals surface area contributed by atoms with Crippen molar-refractivity contribution in [1.82, 2.24) is 4.98 Å². The minimum atomic E-state index is 0.535. The number of rotatable bonds is 3. The molecular weight excluding hydrogens is 220 g/mol. The van der Waals surface area contributed by atoms with Gasteiger partial charge in [-0.3, -0.25) is 0 Å². The van der Waals surface area contributed by atoms with Crippen molar-refractivity contribution in [2.75, 3.05) is 11.9 Å². The van der Waals surface area contributed by atoms with E-state index in [4.69, 9.17) is 11.6 Å². The van der Waals surface area contributed by atoms with Gasteiger partial charge in [-0.15, -0.1) is 0 Å². The zero-order valence-electron chi connectivity index (χ0n) is 9.13. The maximum Gasteiger partial charge on any atom is 0.129 e. The highest BCUT2D eigenvalue weighted by molar-refractivity contribution is 6.29. The summed E-state index contributed by atoms with van der Waals surface area (Å²) >= 11 is 5.71. The standard InChI is InChI=1S/C13H13ClN2/c1-9-7-11-5-3-4-6-12(11)16-13(9)15-8-10(2)14/h3-7H,2,8H2,1H3,(H,15,16). The number of aryl methyl sites for hydroxylation is 1. The Balaban J connectivity index is 2.38. The van der Waals surface area contributed by atoms with Crippen LogP contribution in [0.3, 0.4) is 0 Å². The van der Waals surface area contributed by atoms with Gasteiger partial charge in [0.2, 0.25) is 0 Å². The van der Waals surface area contributed by atoms with Crippen molar-refractivity contribution in [1.29, 1.82) is 0 Å². The van der Waals surface area contributed by atoms with E-state index in [1.807, 2.05) is 25.1 Å². The molecule has 0 aliphatic carbocycles. The van der Waals surface area contributed by atoms with E-state index in [1.165, 1.54) is 0 Å². The lowest BCUT2D eigenvalue weighted by atomic mass is 10.1. The molecule has 2 nitrogen and oxygen atoms in total. The quantitative estimate of drug-likeness (QED) is 0.873. The summed E-state index contributed by atoms with van der Waals surface area (Å²) in [6, 6.07) is 10.2. The molecule has 0 amide bonds. The highest BCUT2D eigenvalue weighted by Gasteiger charge is 2.02. The van der Waals surface area contributed by atoms with E-state index in [1.54, 1.807) is 0 Å². The molecule has 1 heterocycles. The van der Waals surface area contributed by atoms with Crippen molar-refractivity contribution in [3.63, 3.8) is 0 Å². The highest BCUT2D eigenvalue weighted by Crippen LogP contribution is 2.19. The fourth-order valence-corrected chi connectivity index (χ4v) is 1.65. The maximum absolute atomic E-state index is 5.71. The Hall–Kier alpha value is -1.54. The molecule has 0 saturated heterocycles. The normalized spacial score (nSPS) is 10.4. The first-order chi connectivity index (χ1) is 7.66. The van der Waals surface area contributed by atoms with Crippen LogP contribution >= 0.6 is 11.6 Å². The number of benzene rings is 1. The molecule has 0 aliphatic rings. The second-order valence-electron chi connectivity index (χ2n) is 3.72. The predicted octanol–water partition coefficient (Wildman–Crippen LogP) is 3.71. The molecule has 1 aromatic heterocycles. The van der Waals surface area contributed by atoms with Gasteiger partial charge in [-0.05, 0) is 24.6 Å². The van der Waals surface area contributed by atoms with E-state index in [9.17, 15) is 0 Å². The number of hydrogen-bond donors (Lipinski definition) is 1. The lowest BCUT2D eigenvalue weighted by molar-refractivity contribution is 1.22. The lowest BCUT2D eigenvalue weighted by Crippen LogP contribution is -2.04. The number of pyridine rings is 1. The van der Waals surface area contributed by atoms with Crippen LogP contribution in [-0.2, 0) is 0 Å². The van der Waals surface area contributed by atoms with Crippen LogP contribution in [0.2, 0.25) is 0 Å². The molecule has 1 N–H and O–H groups in total. The van der Waals surface area contributed by atoms with Crippen molar-refractivity contribution in [3.8, 4) is 0 Å². The fourth-order valence-electron chi connectivity index (χ4n) is 1.58. The third-order valence-electron chi connectivity index (χ3n) is 2.36. The number of fused-ring (bicyclic) bond motifs is 1. The summed E-state index contributed by atoms with van der Waals surface area (Å²) in [6.45, 7) is 6.20. The van der Waals surface area contributed by atoms with Gasteiger partial charge in [-0.1, -0.05) is 36.4 Å². The zero-order chi connectivity index (χ0) is 11.5. The van der Waals surface area contributed by atoms with Crippen LogP contribution in [0.25, 0.3) is 10.9 Å². The molecule has 0 atom stereocenters. The molecule has 0 aliphatic heterocycles. The Labute approximate surface area is 100.0 Å². The fraction of sp³-hybridized carbons (Fsp3) is 0.154. The van der Waals surface area contributed by atoms with Crippen LogP contribution in [0.4, 0.5) is 5.82 Å². The van der Waals surface area contributed by atoms with Gasteiger partial charge in [0.05, 0.1) is 12.1 Å². The minimum absolute atomic E-state index is 0.535. The monoisotopic (exact) mass is 232 g/mol. The summed E-state index contributed by atoms with van der Waals surface area (Å²) in [5, 5.41) is 4.89. The summed E-state index contributed by atoms with van der Waals surface area (Å²) in [7, 11) is 0. The molecule has 0 saturated carbocycles. The lowest BCUT2D eigenvalue weighted by Gasteiger charge is -2.09. The first-order valence-electron chi connectivity index (χ1n) is 5.10. The molecule has 1 aromatic carbocycles. The minimum Gasteiger partial charge on any atom is -0.365 e. The molecule has 2 aromatic rings. The van der Waals surface area contributed by atoms with E-state index in [0.717, 1.165) is 22.3 Å². The molecule has 0 fully saturated rings. The molecule has 2 rings (SSSR count). The molecule has 0 radical (unpaired) electrons. The molecule has 16 heavy (non-hydrogen) atoms. The number of nitrogens with one attached hydrogen (secondary N) is 1. The molecule has 0 unspecified atom stereocenters. The Kier molecular flexibility index (Phi) is 3.11. The molecule has 82 valence electrons. The number of para-hydroxylation sites is 1. The number of anilines is 1. The highest BCUT2D eigenvalue weighted by atomic mass is 35.5. The largest absolute Gasteiger partial charge is 0.365 e. The summed E-state index contributed by atoms with van der Waals surface area (Å²) in [5.74, 6) is 0.862.